The van der Waals surface area contributed by atoms with E-state index in [1.54, 1.807) is 0 Å². The van der Waals surface area contributed by atoms with Gasteiger partial charge in [0.15, 0.2) is 0 Å². The smallest absolute Gasteiger partial charge is 0.233 e. The highest BCUT2D eigenvalue weighted by Gasteiger charge is 2.22. The number of rotatable bonds is 5. The second-order valence-electron chi connectivity index (χ2n) is 2.95. The molecule has 82 valence electrons. The third-order valence-corrected chi connectivity index (χ3v) is 2.54. The summed E-state index contributed by atoms with van der Waals surface area (Å²) in [6.07, 6.45) is 2.96. The summed E-state index contributed by atoms with van der Waals surface area (Å²) in [4.78, 5) is 4.09. The molecule has 1 aromatic heterocycles. The van der Waals surface area contributed by atoms with Crippen LogP contribution >= 0.6 is 8.25 Å². The minimum Gasteiger partial charge on any atom is -0.233 e. The zero-order chi connectivity index (χ0) is 11.4. The number of para-hydroxylation sites is 2. The maximum absolute atomic E-state index is 11.3. The molecule has 1 atom stereocenters. The average Bonchev–Trinajstić information content (AvgIpc) is 2.70. The Morgan fingerprint density at radius 1 is 1.50 bits per heavy atom. The molecule has 2 rings (SSSR count). The summed E-state index contributed by atoms with van der Waals surface area (Å²) in [5, 5.41) is 0. The van der Waals surface area contributed by atoms with Crippen molar-refractivity contribution in [1.29, 1.82) is 0 Å². The van der Waals surface area contributed by atoms with Gasteiger partial charge in [-0.2, -0.15) is 0 Å². The highest BCUT2D eigenvalue weighted by molar-refractivity contribution is 7.33. The van der Waals surface area contributed by atoms with E-state index in [2.05, 4.69) is 11.6 Å². The van der Waals surface area contributed by atoms with Gasteiger partial charge in [-0.05, 0) is 12.1 Å². The van der Waals surface area contributed by atoms with Gasteiger partial charge in [-0.1, -0.05) is 18.2 Å². The molecule has 0 radical (unpaired) electrons. The summed E-state index contributed by atoms with van der Waals surface area (Å²) in [7, 11) is -2.21. The number of hydrogen-bond donors (Lipinski definition) is 0. The van der Waals surface area contributed by atoms with Gasteiger partial charge in [-0.15, -0.1) is 20.5 Å². The minimum absolute atomic E-state index is 0.182. The van der Waals surface area contributed by atoms with Gasteiger partial charge in [0.25, 0.3) is 0 Å². The van der Waals surface area contributed by atoms with Gasteiger partial charge in [-0.3, -0.25) is 0 Å². The molecular weight excluding hydrogens is 227 g/mol. The van der Waals surface area contributed by atoms with Crippen LogP contribution in [0.15, 0.2) is 43.2 Å². The van der Waals surface area contributed by atoms with Crippen molar-refractivity contribution in [2.24, 2.45) is 0 Å². The number of fused-ring (bicyclic) bond motifs is 1. The van der Waals surface area contributed by atoms with Crippen molar-refractivity contribution in [3.63, 3.8) is 0 Å². The first-order valence-electron chi connectivity index (χ1n) is 4.63. The molecule has 0 aliphatic carbocycles. The van der Waals surface area contributed by atoms with Crippen LogP contribution in [0.5, 0.6) is 0 Å². The fourth-order valence-corrected chi connectivity index (χ4v) is 1.76. The molecule has 0 bridgehead atoms. The van der Waals surface area contributed by atoms with E-state index in [0.717, 1.165) is 11.0 Å². The van der Waals surface area contributed by atoms with Gasteiger partial charge in [0.05, 0.1) is 5.52 Å². The highest BCUT2D eigenvalue weighted by atomic mass is 31.1. The Kier molecular flexibility index (Phi) is 3.29. The second-order valence-corrected chi connectivity index (χ2v) is 3.82. The van der Waals surface area contributed by atoms with Crippen LogP contribution in [0.1, 0.15) is 0 Å². The topological polar surface area (TPSA) is 53.4 Å². The standard InChI is InChI=1S/C10H10N2O3P/c1-2-7-14-16(13)15-12-8-11-9-5-3-4-6-10(9)12/h2-6,8H,1,7H2/q+1. The molecule has 0 aliphatic rings. The fourth-order valence-electron chi connectivity index (χ4n) is 1.21. The monoisotopic (exact) mass is 237 g/mol. The third-order valence-electron chi connectivity index (χ3n) is 1.87. The Hall–Kier alpha value is -1.71. The van der Waals surface area contributed by atoms with Crippen LogP contribution in [0.2, 0.25) is 0 Å². The Bertz CT molecular complexity index is 524. The van der Waals surface area contributed by atoms with Crippen molar-refractivity contribution >= 4 is 19.3 Å². The number of imidazole rings is 1. The van der Waals surface area contributed by atoms with E-state index in [4.69, 9.17) is 9.15 Å². The molecular formula is C10H10N2O3P+. The molecule has 0 saturated carbocycles. The van der Waals surface area contributed by atoms with Gasteiger partial charge in [0, 0.05) is 4.57 Å². The summed E-state index contributed by atoms with van der Waals surface area (Å²) in [5.74, 6) is 0. The SMILES string of the molecule is C=CCO[P+](=O)On1cnc2ccccc21. The van der Waals surface area contributed by atoms with E-state index in [1.165, 1.54) is 17.1 Å². The lowest BCUT2D eigenvalue weighted by Gasteiger charge is -1.92. The van der Waals surface area contributed by atoms with Gasteiger partial charge in [-0.25, -0.2) is 4.98 Å². The van der Waals surface area contributed by atoms with E-state index in [1.807, 2.05) is 24.3 Å². The van der Waals surface area contributed by atoms with Crippen LogP contribution in [-0.2, 0) is 9.09 Å². The third kappa shape index (κ3) is 2.27. The lowest BCUT2D eigenvalue weighted by atomic mass is 10.3. The van der Waals surface area contributed by atoms with Crippen molar-refractivity contribution in [3.05, 3.63) is 43.2 Å². The Morgan fingerprint density at radius 2 is 2.31 bits per heavy atom. The van der Waals surface area contributed by atoms with Crippen molar-refractivity contribution in [2.45, 2.75) is 0 Å². The van der Waals surface area contributed by atoms with E-state index in [9.17, 15) is 4.57 Å². The maximum atomic E-state index is 11.3. The van der Waals surface area contributed by atoms with Crippen LogP contribution < -0.4 is 4.62 Å². The van der Waals surface area contributed by atoms with Gasteiger partial charge >= 0.3 is 8.25 Å². The van der Waals surface area contributed by atoms with E-state index in [0.29, 0.717) is 0 Å². The quantitative estimate of drug-likeness (QED) is 0.591. The van der Waals surface area contributed by atoms with Crippen molar-refractivity contribution < 1.29 is 13.7 Å². The molecule has 0 spiro atoms. The molecule has 1 unspecified atom stereocenters. The van der Waals surface area contributed by atoms with Gasteiger partial charge in [0.1, 0.15) is 18.5 Å². The van der Waals surface area contributed by atoms with Crippen LogP contribution in [0.25, 0.3) is 11.0 Å². The zero-order valence-electron chi connectivity index (χ0n) is 8.44. The predicted octanol–water partition coefficient (Wildman–Crippen LogP) is 2.32. The largest absolute Gasteiger partial charge is 0.771 e. The van der Waals surface area contributed by atoms with E-state index < -0.39 is 8.25 Å². The van der Waals surface area contributed by atoms with E-state index >= 15 is 0 Å². The Morgan fingerprint density at radius 3 is 3.12 bits per heavy atom. The molecule has 0 N–H and O–H groups in total. The summed E-state index contributed by atoms with van der Waals surface area (Å²) < 4.78 is 22.5. The van der Waals surface area contributed by atoms with Crippen LogP contribution in [0.3, 0.4) is 0 Å². The molecule has 2 aromatic rings. The van der Waals surface area contributed by atoms with E-state index in [-0.39, 0.29) is 6.61 Å². The lowest BCUT2D eigenvalue weighted by molar-refractivity contribution is 0.227. The summed E-state index contributed by atoms with van der Waals surface area (Å²) in [6.45, 7) is 3.63. The first kappa shape index (κ1) is 10.8. The molecule has 0 aliphatic heterocycles. The zero-order valence-corrected chi connectivity index (χ0v) is 9.34. The van der Waals surface area contributed by atoms with Gasteiger partial charge in [0.2, 0.25) is 0 Å². The molecule has 6 heteroatoms. The Balaban J connectivity index is 2.15. The molecule has 0 fully saturated rings. The number of aromatic nitrogens is 2. The molecule has 1 heterocycles. The second kappa shape index (κ2) is 4.88. The molecule has 5 nitrogen and oxygen atoms in total. The average molecular weight is 237 g/mol. The van der Waals surface area contributed by atoms with Crippen molar-refractivity contribution in [2.75, 3.05) is 6.61 Å². The number of nitrogens with zero attached hydrogens (tertiary/aromatic N) is 2. The summed E-state index contributed by atoms with van der Waals surface area (Å²) in [6, 6.07) is 7.38. The van der Waals surface area contributed by atoms with Crippen molar-refractivity contribution in [1.82, 2.24) is 9.71 Å². The first-order valence-corrected chi connectivity index (χ1v) is 5.72. The molecule has 0 amide bonds. The van der Waals surface area contributed by atoms with Crippen LogP contribution in [-0.4, -0.2) is 16.3 Å². The number of hydrogen-bond acceptors (Lipinski definition) is 4. The fraction of sp³-hybridized carbons (Fsp3) is 0.100. The number of benzene rings is 1. The molecule has 16 heavy (non-hydrogen) atoms. The normalized spacial score (nSPS) is 11.4. The maximum Gasteiger partial charge on any atom is 0.771 e. The van der Waals surface area contributed by atoms with Crippen LogP contribution in [0.4, 0.5) is 0 Å². The molecule has 0 saturated heterocycles. The van der Waals surface area contributed by atoms with Gasteiger partial charge < -0.3 is 0 Å². The lowest BCUT2D eigenvalue weighted by Crippen LogP contribution is -2.02. The van der Waals surface area contributed by atoms with Crippen molar-refractivity contribution in [3.8, 4) is 0 Å². The summed E-state index contributed by atoms with van der Waals surface area (Å²) in [5.41, 5.74) is 1.52. The summed E-state index contributed by atoms with van der Waals surface area (Å²) >= 11 is 0. The highest BCUT2D eigenvalue weighted by Crippen LogP contribution is 2.21. The molecule has 1 aromatic carbocycles. The Labute approximate surface area is 93.2 Å². The minimum atomic E-state index is -2.21. The van der Waals surface area contributed by atoms with Crippen LogP contribution in [0, 0.1) is 0 Å². The predicted molar refractivity (Wildman–Crippen MR) is 60.1 cm³/mol. The first-order chi connectivity index (χ1) is 7.81.